The number of nitrogens with one attached hydrogen (secondary N) is 1. The molecular weight excluding hydrogens is 176 g/mol. The fourth-order valence-electron chi connectivity index (χ4n) is 1.02. The van der Waals surface area contributed by atoms with Gasteiger partial charge in [-0.25, -0.2) is 9.97 Å². The monoisotopic (exact) mass is 190 g/mol. The molecule has 0 amide bonds. The molecule has 0 saturated heterocycles. The number of anilines is 1. The molecule has 0 spiro atoms. The third-order valence-corrected chi connectivity index (χ3v) is 1.64. The van der Waals surface area contributed by atoms with Gasteiger partial charge in [-0.1, -0.05) is 13.8 Å². The molecule has 1 N–H and O–H groups in total. The summed E-state index contributed by atoms with van der Waals surface area (Å²) in [7, 11) is 0. The van der Waals surface area contributed by atoms with E-state index in [2.05, 4.69) is 29.1 Å². The summed E-state index contributed by atoms with van der Waals surface area (Å²) in [6.07, 6.45) is 0. The van der Waals surface area contributed by atoms with Crippen LogP contribution >= 0.6 is 0 Å². The van der Waals surface area contributed by atoms with Crippen LogP contribution in [0, 0.1) is 24.2 Å². The summed E-state index contributed by atoms with van der Waals surface area (Å²) in [5, 5.41) is 11.9. The zero-order valence-electron chi connectivity index (χ0n) is 8.70. The molecule has 0 aliphatic rings. The SMILES string of the molecule is Cc1nc(C#N)cc(NCC(C)C)n1. The highest BCUT2D eigenvalue weighted by Gasteiger charge is 2.01. The fraction of sp³-hybridized carbons (Fsp3) is 0.500. The van der Waals surface area contributed by atoms with E-state index in [-0.39, 0.29) is 0 Å². The summed E-state index contributed by atoms with van der Waals surface area (Å²) < 4.78 is 0. The largest absolute Gasteiger partial charge is 0.370 e. The molecule has 4 heteroatoms. The summed E-state index contributed by atoms with van der Waals surface area (Å²) >= 11 is 0. The molecule has 0 radical (unpaired) electrons. The Kier molecular flexibility index (Phi) is 3.41. The molecule has 1 aromatic rings. The smallest absolute Gasteiger partial charge is 0.146 e. The molecular formula is C10H14N4. The number of hydrogen-bond acceptors (Lipinski definition) is 4. The van der Waals surface area contributed by atoms with E-state index in [0.29, 0.717) is 17.4 Å². The zero-order valence-corrected chi connectivity index (χ0v) is 8.70. The summed E-state index contributed by atoms with van der Waals surface area (Å²) in [6, 6.07) is 3.67. The van der Waals surface area contributed by atoms with E-state index in [4.69, 9.17) is 5.26 Å². The Balaban J connectivity index is 2.78. The lowest BCUT2D eigenvalue weighted by atomic mass is 10.2. The second-order valence-electron chi connectivity index (χ2n) is 3.57. The van der Waals surface area contributed by atoms with E-state index in [1.54, 1.807) is 13.0 Å². The second-order valence-corrected chi connectivity index (χ2v) is 3.57. The normalized spacial score (nSPS) is 9.93. The first-order chi connectivity index (χ1) is 6.61. The molecule has 0 unspecified atom stereocenters. The van der Waals surface area contributed by atoms with Crippen LogP contribution in [0.15, 0.2) is 6.07 Å². The molecule has 0 saturated carbocycles. The second kappa shape index (κ2) is 4.56. The molecule has 0 bridgehead atoms. The molecule has 4 nitrogen and oxygen atoms in total. The van der Waals surface area contributed by atoms with Gasteiger partial charge in [0, 0.05) is 12.6 Å². The van der Waals surface area contributed by atoms with Gasteiger partial charge in [0.05, 0.1) is 0 Å². The Hall–Kier alpha value is -1.63. The van der Waals surface area contributed by atoms with Crippen LogP contribution in [-0.2, 0) is 0 Å². The number of aryl methyl sites for hydroxylation is 1. The minimum atomic E-state index is 0.406. The van der Waals surface area contributed by atoms with Gasteiger partial charge >= 0.3 is 0 Å². The molecule has 1 heterocycles. The predicted molar refractivity (Wildman–Crippen MR) is 54.8 cm³/mol. The number of nitriles is 1. The van der Waals surface area contributed by atoms with Gasteiger partial charge in [-0.3, -0.25) is 0 Å². The van der Waals surface area contributed by atoms with Gasteiger partial charge < -0.3 is 5.32 Å². The van der Waals surface area contributed by atoms with E-state index >= 15 is 0 Å². The quantitative estimate of drug-likeness (QED) is 0.788. The van der Waals surface area contributed by atoms with E-state index in [1.165, 1.54) is 0 Å². The van der Waals surface area contributed by atoms with Gasteiger partial charge in [0.2, 0.25) is 0 Å². The van der Waals surface area contributed by atoms with Crippen LogP contribution in [0.25, 0.3) is 0 Å². The van der Waals surface area contributed by atoms with Crippen LogP contribution in [0.1, 0.15) is 25.4 Å². The summed E-state index contributed by atoms with van der Waals surface area (Å²) in [4.78, 5) is 8.15. The van der Waals surface area contributed by atoms with Gasteiger partial charge in [0.1, 0.15) is 23.4 Å². The van der Waals surface area contributed by atoms with Gasteiger partial charge in [-0.2, -0.15) is 5.26 Å². The Bertz CT molecular complexity index is 352. The molecule has 0 fully saturated rings. The van der Waals surface area contributed by atoms with E-state index in [1.807, 2.05) is 6.07 Å². The van der Waals surface area contributed by atoms with Crippen LogP contribution in [0.5, 0.6) is 0 Å². The van der Waals surface area contributed by atoms with Crippen molar-refractivity contribution in [1.29, 1.82) is 5.26 Å². The van der Waals surface area contributed by atoms with E-state index < -0.39 is 0 Å². The van der Waals surface area contributed by atoms with Crippen LogP contribution in [-0.4, -0.2) is 16.5 Å². The van der Waals surface area contributed by atoms with Crippen molar-refractivity contribution in [3.05, 3.63) is 17.6 Å². The third-order valence-electron chi connectivity index (χ3n) is 1.64. The number of aromatic nitrogens is 2. The van der Waals surface area contributed by atoms with Crippen LogP contribution in [0.3, 0.4) is 0 Å². The Morgan fingerprint density at radius 1 is 1.50 bits per heavy atom. The van der Waals surface area contributed by atoms with Crippen molar-refractivity contribution in [3.63, 3.8) is 0 Å². The summed E-state index contributed by atoms with van der Waals surface area (Å²) in [5.41, 5.74) is 0.406. The average Bonchev–Trinajstić information content (AvgIpc) is 2.14. The number of nitrogens with zero attached hydrogens (tertiary/aromatic N) is 3. The molecule has 1 aromatic heterocycles. The van der Waals surface area contributed by atoms with Crippen LogP contribution < -0.4 is 5.32 Å². The van der Waals surface area contributed by atoms with Crippen molar-refractivity contribution in [1.82, 2.24) is 9.97 Å². The third kappa shape index (κ3) is 3.02. The van der Waals surface area contributed by atoms with Crippen molar-refractivity contribution in [2.24, 2.45) is 5.92 Å². The maximum absolute atomic E-state index is 8.70. The minimum absolute atomic E-state index is 0.406. The Morgan fingerprint density at radius 2 is 2.21 bits per heavy atom. The maximum atomic E-state index is 8.70. The molecule has 0 atom stereocenters. The molecule has 0 aliphatic carbocycles. The Labute approximate surface area is 84.0 Å². The average molecular weight is 190 g/mol. The molecule has 14 heavy (non-hydrogen) atoms. The molecule has 1 rings (SSSR count). The number of hydrogen-bond donors (Lipinski definition) is 1. The first-order valence-electron chi connectivity index (χ1n) is 4.61. The van der Waals surface area contributed by atoms with E-state index in [9.17, 15) is 0 Å². The standard InChI is InChI=1S/C10H14N4/c1-7(2)6-12-10-4-9(5-11)13-8(3)14-10/h4,7H,6H2,1-3H3,(H,12,13,14). The predicted octanol–water partition coefficient (Wildman–Crippen LogP) is 1.72. The highest BCUT2D eigenvalue weighted by atomic mass is 15.0. The minimum Gasteiger partial charge on any atom is -0.370 e. The topological polar surface area (TPSA) is 61.6 Å². The lowest BCUT2D eigenvalue weighted by Gasteiger charge is -2.08. The molecule has 0 aromatic carbocycles. The first-order valence-corrected chi connectivity index (χ1v) is 4.61. The highest BCUT2D eigenvalue weighted by molar-refractivity contribution is 5.39. The lowest BCUT2D eigenvalue weighted by molar-refractivity contribution is 0.686. The van der Waals surface area contributed by atoms with Gasteiger partial charge in [0.25, 0.3) is 0 Å². The molecule has 0 aliphatic heterocycles. The lowest BCUT2D eigenvalue weighted by Crippen LogP contribution is -2.10. The molecule has 74 valence electrons. The number of rotatable bonds is 3. The summed E-state index contributed by atoms with van der Waals surface area (Å²) in [6.45, 7) is 6.86. The van der Waals surface area contributed by atoms with Gasteiger partial charge in [0.15, 0.2) is 0 Å². The highest BCUT2D eigenvalue weighted by Crippen LogP contribution is 2.06. The van der Waals surface area contributed by atoms with Gasteiger partial charge in [-0.15, -0.1) is 0 Å². The summed E-state index contributed by atoms with van der Waals surface area (Å²) in [5.74, 6) is 1.90. The maximum Gasteiger partial charge on any atom is 0.146 e. The van der Waals surface area contributed by atoms with E-state index in [0.717, 1.165) is 12.4 Å². The first kappa shape index (κ1) is 10.5. The van der Waals surface area contributed by atoms with Gasteiger partial charge in [-0.05, 0) is 12.8 Å². The van der Waals surface area contributed by atoms with Crippen molar-refractivity contribution in [2.75, 3.05) is 11.9 Å². The van der Waals surface area contributed by atoms with Crippen molar-refractivity contribution in [2.45, 2.75) is 20.8 Å². The fourth-order valence-corrected chi connectivity index (χ4v) is 1.02. The van der Waals surface area contributed by atoms with Crippen LogP contribution in [0.4, 0.5) is 5.82 Å². The van der Waals surface area contributed by atoms with Crippen molar-refractivity contribution < 1.29 is 0 Å². The Morgan fingerprint density at radius 3 is 2.79 bits per heavy atom. The van der Waals surface area contributed by atoms with Crippen molar-refractivity contribution in [3.8, 4) is 6.07 Å². The van der Waals surface area contributed by atoms with Crippen molar-refractivity contribution >= 4 is 5.82 Å². The van der Waals surface area contributed by atoms with Crippen LogP contribution in [0.2, 0.25) is 0 Å². The zero-order chi connectivity index (χ0) is 10.6.